The summed E-state index contributed by atoms with van der Waals surface area (Å²) in [6.45, 7) is 2.07. The van der Waals surface area contributed by atoms with Crippen LogP contribution in [-0.4, -0.2) is 16.2 Å². The fraction of sp³-hybridized carbons (Fsp3) is 0.100. The number of nitrogens with one attached hydrogen (secondary N) is 2. The van der Waals surface area contributed by atoms with Crippen LogP contribution in [0.3, 0.4) is 0 Å². The summed E-state index contributed by atoms with van der Waals surface area (Å²) in [7, 11) is 0. The Kier molecular flexibility index (Phi) is 5.79. The Morgan fingerprint density at radius 1 is 1.30 bits per heavy atom. The molecule has 1 aromatic heterocycles. The second-order valence-electron chi connectivity index (χ2n) is 5.68. The number of aromatic nitrogens is 2. The molecule has 6 nitrogen and oxygen atoms in total. The molecule has 3 aromatic rings. The lowest BCUT2D eigenvalue weighted by molar-refractivity contribution is 1.07. The molecular weight excluding hydrogens is 406 g/mol. The molecule has 0 saturated carbocycles. The van der Waals surface area contributed by atoms with Crippen molar-refractivity contribution < 1.29 is 0 Å². The number of hydrogen-bond donors (Lipinski definition) is 2. The van der Waals surface area contributed by atoms with E-state index in [9.17, 15) is 10.1 Å². The molecule has 27 heavy (non-hydrogen) atoms. The molecule has 3 rings (SSSR count). The molecule has 0 fully saturated rings. The van der Waals surface area contributed by atoms with E-state index in [1.54, 1.807) is 18.3 Å². The molecule has 0 aliphatic heterocycles. The van der Waals surface area contributed by atoms with Crippen molar-refractivity contribution >= 4 is 28.1 Å². The number of anilines is 1. The number of nitriles is 1. The van der Waals surface area contributed by atoms with Crippen LogP contribution in [-0.2, 0) is 6.42 Å². The van der Waals surface area contributed by atoms with E-state index < -0.39 is 5.56 Å². The maximum absolute atomic E-state index is 12.2. The number of aryl methyl sites for hydroxylation is 1. The van der Waals surface area contributed by atoms with Gasteiger partial charge in [-0.05, 0) is 29.7 Å². The van der Waals surface area contributed by atoms with Crippen LogP contribution in [0, 0.1) is 11.3 Å². The number of rotatable bonds is 5. The van der Waals surface area contributed by atoms with Crippen LogP contribution in [0.15, 0.2) is 62.9 Å². The first-order valence-corrected chi connectivity index (χ1v) is 9.09. The summed E-state index contributed by atoms with van der Waals surface area (Å²) in [6.07, 6.45) is 2.54. The molecule has 0 aliphatic carbocycles. The molecule has 0 saturated heterocycles. The summed E-state index contributed by atoms with van der Waals surface area (Å²) in [5.74, 6) is 0.169. The lowest BCUT2D eigenvalue weighted by atomic mass is 10.1. The molecule has 0 bridgehead atoms. The number of hydrazone groups is 1. The van der Waals surface area contributed by atoms with Gasteiger partial charge in [0.25, 0.3) is 5.56 Å². The number of nitrogens with zero attached hydrogens (tertiary/aromatic N) is 3. The molecule has 1 heterocycles. The Morgan fingerprint density at radius 3 is 2.78 bits per heavy atom. The van der Waals surface area contributed by atoms with Gasteiger partial charge in [-0.15, -0.1) is 0 Å². The van der Waals surface area contributed by atoms with E-state index in [0.717, 1.165) is 22.0 Å². The number of benzene rings is 2. The Morgan fingerprint density at radius 2 is 2.07 bits per heavy atom. The number of hydrogen-bond acceptors (Lipinski definition) is 5. The van der Waals surface area contributed by atoms with E-state index in [2.05, 4.69) is 43.3 Å². The quantitative estimate of drug-likeness (QED) is 0.479. The zero-order valence-corrected chi connectivity index (χ0v) is 16.1. The highest BCUT2D eigenvalue weighted by atomic mass is 79.9. The van der Waals surface area contributed by atoms with Crippen LogP contribution in [0.2, 0.25) is 0 Å². The highest BCUT2D eigenvalue weighted by Gasteiger charge is 2.12. The van der Waals surface area contributed by atoms with Gasteiger partial charge < -0.3 is 0 Å². The molecule has 0 radical (unpaired) electrons. The minimum absolute atomic E-state index is 0.0315. The van der Waals surface area contributed by atoms with Crippen molar-refractivity contribution in [2.75, 3.05) is 5.43 Å². The molecule has 0 unspecified atom stereocenters. The molecule has 0 amide bonds. The highest BCUT2D eigenvalue weighted by molar-refractivity contribution is 9.10. The molecule has 2 N–H and O–H groups in total. The van der Waals surface area contributed by atoms with E-state index in [0.29, 0.717) is 11.3 Å². The van der Waals surface area contributed by atoms with Crippen LogP contribution >= 0.6 is 15.9 Å². The van der Waals surface area contributed by atoms with Crippen LogP contribution in [0.5, 0.6) is 0 Å². The summed E-state index contributed by atoms with van der Waals surface area (Å²) in [5, 5.41) is 13.5. The Labute approximate surface area is 164 Å². The maximum atomic E-state index is 12.2. The topological polar surface area (TPSA) is 93.9 Å². The van der Waals surface area contributed by atoms with Crippen LogP contribution < -0.4 is 11.0 Å². The molecule has 2 aromatic carbocycles. The summed E-state index contributed by atoms with van der Waals surface area (Å²) >= 11 is 3.45. The predicted octanol–water partition coefficient (Wildman–Crippen LogP) is 4.08. The van der Waals surface area contributed by atoms with Gasteiger partial charge in [-0.1, -0.05) is 59.3 Å². The normalized spacial score (nSPS) is 10.7. The molecular formula is C20H16BrN5O. The fourth-order valence-corrected chi connectivity index (χ4v) is 2.98. The Bertz CT molecular complexity index is 1080. The minimum atomic E-state index is -0.513. The van der Waals surface area contributed by atoms with Gasteiger partial charge in [0.05, 0.1) is 11.9 Å². The van der Waals surface area contributed by atoms with Crippen molar-refractivity contribution in [2.45, 2.75) is 13.3 Å². The van der Waals surface area contributed by atoms with Gasteiger partial charge in [0.1, 0.15) is 11.6 Å². The fourth-order valence-electron chi connectivity index (χ4n) is 2.61. The first-order chi connectivity index (χ1) is 13.1. The van der Waals surface area contributed by atoms with Crippen LogP contribution in [0.1, 0.15) is 23.6 Å². The highest BCUT2D eigenvalue weighted by Crippen LogP contribution is 2.19. The van der Waals surface area contributed by atoms with Gasteiger partial charge in [-0.25, -0.2) is 10.4 Å². The second-order valence-corrected chi connectivity index (χ2v) is 6.60. The predicted molar refractivity (Wildman–Crippen MR) is 110 cm³/mol. The van der Waals surface area contributed by atoms with Crippen LogP contribution in [0.4, 0.5) is 5.95 Å². The van der Waals surface area contributed by atoms with Gasteiger partial charge in [0.2, 0.25) is 5.95 Å². The number of halogens is 1. The zero-order chi connectivity index (χ0) is 19.2. The third-order valence-electron chi connectivity index (χ3n) is 3.94. The van der Waals surface area contributed by atoms with Crippen molar-refractivity contribution in [3.05, 3.63) is 80.0 Å². The first-order valence-electron chi connectivity index (χ1n) is 8.29. The van der Waals surface area contributed by atoms with Crippen molar-refractivity contribution in [1.82, 2.24) is 9.97 Å². The Hall–Kier alpha value is -3.24. The summed E-state index contributed by atoms with van der Waals surface area (Å²) in [6, 6.07) is 17.0. The van der Waals surface area contributed by atoms with Crippen LogP contribution in [0.25, 0.3) is 11.3 Å². The van der Waals surface area contributed by atoms with E-state index in [-0.39, 0.29) is 11.5 Å². The lowest BCUT2D eigenvalue weighted by Crippen LogP contribution is -2.16. The third kappa shape index (κ3) is 4.30. The molecule has 7 heteroatoms. The Balaban J connectivity index is 1.93. The first kappa shape index (κ1) is 18.5. The standard InChI is InChI=1S/C20H16BrN5O/c1-2-13-8-9-16(21)10-15(13)12-23-26-20-24-18(14-6-4-3-5-7-14)17(11-22)19(27)25-20/h3-10,12H,2H2,1H3,(H2,24,25,26,27). The molecule has 134 valence electrons. The van der Waals surface area contributed by atoms with E-state index in [4.69, 9.17) is 0 Å². The smallest absolute Gasteiger partial charge is 0.270 e. The van der Waals surface area contributed by atoms with Gasteiger partial charge >= 0.3 is 0 Å². The van der Waals surface area contributed by atoms with Gasteiger partial charge in [0.15, 0.2) is 0 Å². The number of H-pyrrole nitrogens is 1. The van der Waals surface area contributed by atoms with Gasteiger partial charge in [0, 0.05) is 10.0 Å². The average Bonchev–Trinajstić information content (AvgIpc) is 2.68. The third-order valence-corrected chi connectivity index (χ3v) is 4.43. The van der Waals surface area contributed by atoms with Crippen molar-refractivity contribution in [3.63, 3.8) is 0 Å². The van der Waals surface area contributed by atoms with E-state index in [1.807, 2.05) is 42.5 Å². The lowest BCUT2D eigenvalue weighted by Gasteiger charge is -2.06. The zero-order valence-electron chi connectivity index (χ0n) is 14.5. The summed E-state index contributed by atoms with van der Waals surface area (Å²) < 4.78 is 0.956. The molecule has 0 spiro atoms. The number of aromatic amines is 1. The van der Waals surface area contributed by atoms with E-state index in [1.165, 1.54) is 0 Å². The SMILES string of the molecule is CCc1ccc(Br)cc1C=NNc1nc(-c2ccccc2)c(C#N)c(=O)[nH]1. The maximum Gasteiger partial charge on any atom is 0.270 e. The van der Waals surface area contributed by atoms with Gasteiger partial charge in [-0.2, -0.15) is 10.4 Å². The average molecular weight is 422 g/mol. The monoisotopic (exact) mass is 421 g/mol. The summed E-state index contributed by atoms with van der Waals surface area (Å²) in [4.78, 5) is 19.1. The largest absolute Gasteiger partial charge is 0.290 e. The molecule has 0 atom stereocenters. The molecule has 0 aliphatic rings. The minimum Gasteiger partial charge on any atom is -0.290 e. The van der Waals surface area contributed by atoms with Crippen molar-refractivity contribution in [1.29, 1.82) is 5.26 Å². The van der Waals surface area contributed by atoms with Crippen molar-refractivity contribution in [3.8, 4) is 17.3 Å². The second kappa shape index (κ2) is 8.43. The van der Waals surface area contributed by atoms with Gasteiger partial charge in [-0.3, -0.25) is 9.78 Å². The summed E-state index contributed by atoms with van der Waals surface area (Å²) in [5.41, 5.74) is 5.31. The van der Waals surface area contributed by atoms with E-state index >= 15 is 0 Å². The van der Waals surface area contributed by atoms with Crippen molar-refractivity contribution in [2.24, 2.45) is 5.10 Å².